The molecule has 0 bridgehead atoms. The number of phenolic OH excluding ortho intramolecular Hbond substituents is 2. The molecule has 2 aromatic carbocycles. The first kappa shape index (κ1) is 15.6. The van der Waals surface area contributed by atoms with Crippen LogP contribution in [-0.4, -0.2) is 29.6 Å². The van der Waals surface area contributed by atoms with Gasteiger partial charge in [0.05, 0.1) is 12.5 Å². The van der Waals surface area contributed by atoms with E-state index >= 15 is 0 Å². The second kappa shape index (κ2) is 6.20. The van der Waals surface area contributed by atoms with E-state index in [2.05, 4.69) is 0 Å². The Balaban J connectivity index is 1.50. The van der Waals surface area contributed by atoms with Gasteiger partial charge in [0, 0.05) is 5.92 Å². The highest BCUT2D eigenvalue weighted by Crippen LogP contribution is 2.36. The minimum absolute atomic E-state index is 0.0156. The fourth-order valence-corrected chi connectivity index (χ4v) is 3.38. The summed E-state index contributed by atoms with van der Waals surface area (Å²) in [5, 5.41) is 19.1. The van der Waals surface area contributed by atoms with Crippen molar-refractivity contribution in [1.29, 1.82) is 0 Å². The van der Waals surface area contributed by atoms with Crippen molar-refractivity contribution in [3.05, 3.63) is 47.5 Å². The van der Waals surface area contributed by atoms with Crippen LogP contribution in [0.15, 0.2) is 36.4 Å². The predicted octanol–water partition coefficient (Wildman–Crippen LogP) is 2.40. The summed E-state index contributed by atoms with van der Waals surface area (Å²) in [6.07, 6.45) is 1.15. The second-order valence-electron chi connectivity index (χ2n) is 6.42. The van der Waals surface area contributed by atoms with Crippen molar-refractivity contribution in [1.82, 2.24) is 0 Å². The Kier molecular flexibility index (Phi) is 3.87. The average Bonchev–Trinajstić information content (AvgIpc) is 3.19. The maximum Gasteiger partial charge on any atom is 0.309 e. The smallest absolute Gasteiger partial charge is 0.309 e. The normalized spacial score (nSPS) is 21.4. The van der Waals surface area contributed by atoms with Gasteiger partial charge in [-0.2, -0.15) is 0 Å². The van der Waals surface area contributed by atoms with Gasteiger partial charge >= 0.3 is 5.97 Å². The van der Waals surface area contributed by atoms with Crippen molar-refractivity contribution in [2.75, 3.05) is 13.4 Å². The lowest BCUT2D eigenvalue weighted by molar-refractivity contribution is -0.141. The molecule has 2 atom stereocenters. The van der Waals surface area contributed by atoms with Crippen LogP contribution in [0.2, 0.25) is 0 Å². The molecule has 1 saturated heterocycles. The molecule has 2 aliphatic heterocycles. The third-order valence-corrected chi connectivity index (χ3v) is 4.74. The van der Waals surface area contributed by atoms with Gasteiger partial charge in [0.25, 0.3) is 0 Å². The monoisotopic (exact) mass is 342 g/mol. The number of esters is 1. The number of aromatic hydroxyl groups is 2. The van der Waals surface area contributed by atoms with Gasteiger partial charge < -0.3 is 24.4 Å². The minimum Gasteiger partial charge on any atom is -0.504 e. The summed E-state index contributed by atoms with van der Waals surface area (Å²) in [4.78, 5) is 12.2. The van der Waals surface area contributed by atoms with Crippen molar-refractivity contribution in [2.45, 2.75) is 12.8 Å². The molecule has 0 unspecified atom stereocenters. The topological polar surface area (TPSA) is 85.2 Å². The molecule has 6 heteroatoms. The first-order valence-electron chi connectivity index (χ1n) is 8.16. The zero-order valence-corrected chi connectivity index (χ0v) is 13.5. The third kappa shape index (κ3) is 3.07. The molecule has 2 N–H and O–H groups in total. The van der Waals surface area contributed by atoms with Crippen LogP contribution < -0.4 is 9.47 Å². The van der Waals surface area contributed by atoms with Crippen molar-refractivity contribution < 1.29 is 29.2 Å². The van der Waals surface area contributed by atoms with E-state index in [0.717, 1.165) is 11.1 Å². The molecular formula is C19H18O6. The van der Waals surface area contributed by atoms with E-state index in [1.165, 1.54) is 12.1 Å². The molecule has 0 saturated carbocycles. The second-order valence-corrected chi connectivity index (χ2v) is 6.42. The summed E-state index contributed by atoms with van der Waals surface area (Å²) in [6.45, 7) is 0.576. The number of fused-ring (bicyclic) bond motifs is 1. The van der Waals surface area contributed by atoms with Crippen LogP contribution in [0, 0.1) is 11.8 Å². The van der Waals surface area contributed by atoms with Crippen LogP contribution in [-0.2, 0) is 22.4 Å². The van der Waals surface area contributed by atoms with Crippen molar-refractivity contribution >= 4 is 5.97 Å². The van der Waals surface area contributed by atoms with E-state index < -0.39 is 0 Å². The number of cyclic esters (lactones) is 1. The van der Waals surface area contributed by atoms with E-state index in [0.29, 0.717) is 30.9 Å². The molecule has 0 amide bonds. The predicted molar refractivity (Wildman–Crippen MR) is 87.7 cm³/mol. The molecule has 130 valence electrons. The van der Waals surface area contributed by atoms with E-state index in [1.807, 2.05) is 18.2 Å². The summed E-state index contributed by atoms with van der Waals surface area (Å²) in [7, 11) is 0. The first-order valence-corrected chi connectivity index (χ1v) is 8.16. The summed E-state index contributed by atoms with van der Waals surface area (Å²) in [5.74, 6) is 0.663. The molecule has 0 spiro atoms. The third-order valence-electron chi connectivity index (χ3n) is 4.74. The fraction of sp³-hybridized carbons (Fsp3) is 0.316. The largest absolute Gasteiger partial charge is 0.504 e. The standard InChI is InChI=1S/C19H18O6/c20-15-3-1-11(7-16(15)21)5-13-9-23-19(22)14(13)6-12-2-4-17-18(8-12)25-10-24-17/h1-4,7-8,13-14,20-21H,5-6,9-10H2/t13-,14+/m0/s1. The van der Waals surface area contributed by atoms with Gasteiger partial charge in [-0.05, 0) is 48.2 Å². The molecule has 2 heterocycles. The van der Waals surface area contributed by atoms with Crippen LogP contribution >= 0.6 is 0 Å². The SMILES string of the molecule is O=C1OC[C@H](Cc2ccc(O)c(O)c2)[C@H]1Cc1ccc2c(c1)OCO2. The van der Waals surface area contributed by atoms with Gasteiger partial charge in [-0.15, -0.1) is 0 Å². The van der Waals surface area contributed by atoms with Crippen LogP contribution in [0.4, 0.5) is 0 Å². The minimum atomic E-state index is -0.253. The molecule has 2 aliphatic rings. The lowest BCUT2D eigenvalue weighted by Crippen LogP contribution is -2.20. The molecule has 0 radical (unpaired) electrons. The number of ether oxygens (including phenoxy) is 3. The van der Waals surface area contributed by atoms with Crippen molar-refractivity contribution in [3.63, 3.8) is 0 Å². The Morgan fingerprint density at radius 2 is 1.64 bits per heavy atom. The molecule has 1 fully saturated rings. The maximum absolute atomic E-state index is 12.2. The van der Waals surface area contributed by atoms with E-state index in [4.69, 9.17) is 14.2 Å². The molecular weight excluding hydrogens is 324 g/mol. The highest BCUT2D eigenvalue weighted by molar-refractivity contribution is 5.75. The molecule has 2 aromatic rings. The van der Waals surface area contributed by atoms with Crippen molar-refractivity contribution in [3.8, 4) is 23.0 Å². The molecule has 6 nitrogen and oxygen atoms in total. The lowest BCUT2D eigenvalue weighted by atomic mass is 9.85. The van der Waals surface area contributed by atoms with Gasteiger partial charge in [-0.1, -0.05) is 12.1 Å². The molecule has 25 heavy (non-hydrogen) atoms. The molecule has 4 rings (SSSR count). The van der Waals surface area contributed by atoms with Crippen LogP contribution in [0.25, 0.3) is 0 Å². The zero-order chi connectivity index (χ0) is 17.4. The van der Waals surface area contributed by atoms with Gasteiger partial charge in [0.15, 0.2) is 23.0 Å². The molecule has 0 aromatic heterocycles. The number of phenols is 2. The first-order chi connectivity index (χ1) is 12.1. The fourth-order valence-electron chi connectivity index (χ4n) is 3.38. The Hall–Kier alpha value is -2.89. The summed E-state index contributed by atoms with van der Waals surface area (Å²) < 4.78 is 16.0. The summed E-state index contributed by atoms with van der Waals surface area (Å²) in [5.41, 5.74) is 1.85. The van der Waals surface area contributed by atoms with Gasteiger partial charge in [-0.3, -0.25) is 4.79 Å². The number of hydrogen-bond donors (Lipinski definition) is 2. The van der Waals surface area contributed by atoms with Gasteiger partial charge in [0.1, 0.15) is 0 Å². The van der Waals surface area contributed by atoms with Gasteiger partial charge in [0.2, 0.25) is 6.79 Å². The number of rotatable bonds is 4. The Morgan fingerprint density at radius 1 is 0.880 bits per heavy atom. The quantitative estimate of drug-likeness (QED) is 0.656. The number of carbonyl (C=O) groups excluding carboxylic acids is 1. The highest BCUT2D eigenvalue weighted by atomic mass is 16.7. The van der Waals surface area contributed by atoms with Gasteiger partial charge in [-0.25, -0.2) is 0 Å². The molecule has 0 aliphatic carbocycles. The van der Waals surface area contributed by atoms with E-state index in [1.54, 1.807) is 6.07 Å². The average molecular weight is 342 g/mol. The highest BCUT2D eigenvalue weighted by Gasteiger charge is 2.37. The number of carbonyl (C=O) groups is 1. The Labute approximate surface area is 144 Å². The zero-order valence-electron chi connectivity index (χ0n) is 13.5. The Bertz CT molecular complexity index is 816. The lowest BCUT2D eigenvalue weighted by Gasteiger charge is -2.16. The number of hydrogen-bond acceptors (Lipinski definition) is 6. The summed E-state index contributed by atoms with van der Waals surface area (Å²) in [6, 6.07) is 10.4. The van der Waals surface area contributed by atoms with Crippen LogP contribution in [0.3, 0.4) is 0 Å². The number of benzene rings is 2. The van der Waals surface area contributed by atoms with E-state index in [9.17, 15) is 15.0 Å². The maximum atomic E-state index is 12.2. The summed E-state index contributed by atoms with van der Waals surface area (Å²) >= 11 is 0. The van der Waals surface area contributed by atoms with E-state index in [-0.39, 0.29) is 36.1 Å². The van der Waals surface area contributed by atoms with Crippen LogP contribution in [0.1, 0.15) is 11.1 Å². The Morgan fingerprint density at radius 3 is 2.48 bits per heavy atom. The van der Waals surface area contributed by atoms with Crippen molar-refractivity contribution in [2.24, 2.45) is 11.8 Å². The van der Waals surface area contributed by atoms with Crippen LogP contribution in [0.5, 0.6) is 23.0 Å².